The molecular formula is C24H28N2O5. The molecule has 1 amide bonds. The molecule has 0 aromatic heterocycles. The largest absolute Gasteiger partial charge is 0.507 e. The summed E-state index contributed by atoms with van der Waals surface area (Å²) in [4.78, 5) is 29.5. The Hall–Kier alpha value is -3.32. The first-order valence-corrected chi connectivity index (χ1v) is 10.2. The Morgan fingerprint density at radius 1 is 1.13 bits per heavy atom. The smallest absolute Gasteiger partial charge is 0.295 e. The number of carbonyl (C=O) groups is 2. The highest BCUT2D eigenvalue weighted by Gasteiger charge is 2.46. The number of para-hydroxylation sites is 1. The third kappa shape index (κ3) is 4.56. The number of benzene rings is 2. The van der Waals surface area contributed by atoms with Crippen molar-refractivity contribution in [3.05, 3.63) is 65.2 Å². The van der Waals surface area contributed by atoms with Crippen LogP contribution in [-0.2, 0) is 9.59 Å². The van der Waals surface area contributed by atoms with Gasteiger partial charge in [-0.3, -0.25) is 9.59 Å². The van der Waals surface area contributed by atoms with Gasteiger partial charge < -0.3 is 24.4 Å². The molecule has 1 saturated heterocycles. The van der Waals surface area contributed by atoms with E-state index in [-0.39, 0.29) is 11.3 Å². The number of aliphatic hydroxyl groups excluding tert-OH is 1. The second-order valence-corrected chi connectivity index (χ2v) is 7.50. The van der Waals surface area contributed by atoms with Crippen molar-refractivity contribution in [3.8, 4) is 11.5 Å². The number of methoxy groups -OCH3 is 1. The number of nitrogens with zero attached hydrogens (tertiary/aromatic N) is 2. The van der Waals surface area contributed by atoms with E-state index in [2.05, 4.69) is 0 Å². The average Bonchev–Trinajstić information content (AvgIpc) is 3.02. The first-order chi connectivity index (χ1) is 14.9. The zero-order chi connectivity index (χ0) is 22.5. The zero-order valence-corrected chi connectivity index (χ0v) is 18.3. The summed E-state index contributed by atoms with van der Waals surface area (Å²) in [6, 6.07) is 13.3. The summed E-state index contributed by atoms with van der Waals surface area (Å²) in [6.07, 6.45) is 0. The van der Waals surface area contributed by atoms with Gasteiger partial charge in [0.05, 0.1) is 25.3 Å². The molecule has 0 spiro atoms. The maximum Gasteiger partial charge on any atom is 0.295 e. The Balaban J connectivity index is 2.18. The van der Waals surface area contributed by atoms with E-state index in [1.165, 1.54) is 12.0 Å². The SMILES string of the molecule is CCOc1cccc(/C(O)=C2\C(=O)C(=O)N(CCN(C)C)C2c2ccccc2OC)c1. The summed E-state index contributed by atoms with van der Waals surface area (Å²) in [7, 11) is 5.33. The van der Waals surface area contributed by atoms with Crippen LogP contribution in [0.25, 0.3) is 5.76 Å². The third-order valence-corrected chi connectivity index (χ3v) is 5.18. The van der Waals surface area contributed by atoms with Crippen molar-refractivity contribution in [3.63, 3.8) is 0 Å². The second-order valence-electron chi connectivity index (χ2n) is 7.50. The van der Waals surface area contributed by atoms with Crippen LogP contribution in [-0.4, -0.2) is 67.5 Å². The summed E-state index contributed by atoms with van der Waals surface area (Å²) < 4.78 is 11.0. The van der Waals surface area contributed by atoms with Gasteiger partial charge in [0.15, 0.2) is 0 Å². The van der Waals surface area contributed by atoms with Crippen LogP contribution in [0.2, 0.25) is 0 Å². The average molecular weight is 424 g/mol. The van der Waals surface area contributed by atoms with Gasteiger partial charge in [-0.1, -0.05) is 30.3 Å². The molecule has 1 aliphatic rings. The van der Waals surface area contributed by atoms with Crippen LogP contribution in [0.4, 0.5) is 0 Å². The maximum absolute atomic E-state index is 13.1. The molecule has 0 radical (unpaired) electrons. The van der Waals surface area contributed by atoms with E-state index < -0.39 is 17.7 Å². The van der Waals surface area contributed by atoms with Crippen molar-refractivity contribution in [1.29, 1.82) is 0 Å². The molecule has 2 aromatic rings. The molecule has 2 aromatic carbocycles. The van der Waals surface area contributed by atoms with E-state index in [1.807, 2.05) is 44.1 Å². The van der Waals surface area contributed by atoms with Gasteiger partial charge in [-0.25, -0.2) is 0 Å². The van der Waals surface area contributed by atoms with Crippen molar-refractivity contribution in [2.75, 3.05) is 40.9 Å². The number of ketones is 1. The molecule has 1 unspecified atom stereocenters. The van der Waals surface area contributed by atoms with Crippen LogP contribution in [0.1, 0.15) is 24.1 Å². The highest BCUT2D eigenvalue weighted by molar-refractivity contribution is 6.46. The monoisotopic (exact) mass is 424 g/mol. The molecule has 1 heterocycles. The zero-order valence-electron chi connectivity index (χ0n) is 18.3. The van der Waals surface area contributed by atoms with Crippen molar-refractivity contribution < 1.29 is 24.2 Å². The van der Waals surface area contributed by atoms with Crippen molar-refractivity contribution >= 4 is 17.4 Å². The van der Waals surface area contributed by atoms with Gasteiger partial charge in [0.25, 0.3) is 11.7 Å². The van der Waals surface area contributed by atoms with Crippen molar-refractivity contribution in [2.45, 2.75) is 13.0 Å². The number of amides is 1. The summed E-state index contributed by atoms with van der Waals surface area (Å²) in [5, 5.41) is 11.2. The number of Topliss-reactive ketones (excluding diaryl/α,β-unsaturated/α-hetero) is 1. The Morgan fingerprint density at radius 3 is 2.55 bits per heavy atom. The lowest BCUT2D eigenvalue weighted by Gasteiger charge is -2.27. The second kappa shape index (κ2) is 9.66. The number of aliphatic hydroxyl groups is 1. The van der Waals surface area contributed by atoms with Crippen molar-refractivity contribution in [2.24, 2.45) is 0 Å². The number of ether oxygens (including phenoxy) is 2. The van der Waals surface area contributed by atoms with Gasteiger partial charge >= 0.3 is 0 Å². The van der Waals surface area contributed by atoms with Crippen LogP contribution in [0.15, 0.2) is 54.1 Å². The molecule has 31 heavy (non-hydrogen) atoms. The molecule has 7 heteroatoms. The molecule has 1 fully saturated rings. The molecule has 0 aliphatic carbocycles. The quantitative estimate of drug-likeness (QED) is 0.399. The Bertz CT molecular complexity index is 999. The van der Waals surface area contributed by atoms with E-state index in [0.29, 0.717) is 42.3 Å². The number of likely N-dealkylation sites (tertiary alicyclic amines) is 1. The maximum atomic E-state index is 13.1. The fraction of sp³-hybridized carbons (Fsp3) is 0.333. The van der Waals surface area contributed by atoms with Gasteiger partial charge in [-0.15, -0.1) is 0 Å². The molecule has 1 N–H and O–H groups in total. The first-order valence-electron chi connectivity index (χ1n) is 10.2. The van der Waals surface area contributed by atoms with E-state index in [1.54, 1.807) is 30.3 Å². The van der Waals surface area contributed by atoms with Crippen molar-refractivity contribution in [1.82, 2.24) is 9.80 Å². The van der Waals surface area contributed by atoms with Crippen LogP contribution < -0.4 is 9.47 Å². The fourth-order valence-electron chi connectivity index (χ4n) is 3.69. The number of rotatable bonds is 8. The summed E-state index contributed by atoms with van der Waals surface area (Å²) >= 11 is 0. The molecule has 164 valence electrons. The van der Waals surface area contributed by atoms with Gasteiger partial charge in [0.1, 0.15) is 17.3 Å². The minimum atomic E-state index is -0.758. The topological polar surface area (TPSA) is 79.3 Å². The Morgan fingerprint density at radius 2 is 1.87 bits per heavy atom. The number of hydrogen-bond donors (Lipinski definition) is 1. The lowest BCUT2D eigenvalue weighted by atomic mass is 9.94. The standard InChI is InChI=1S/C24H28N2O5/c1-5-31-17-10-8-9-16(15-17)22(27)20-21(18-11-6-7-12-19(18)30-4)26(14-13-25(2)3)24(29)23(20)28/h6-12,15,21,27H,5,13-14H2,1-4H3/b22-20+. The van der Waals surface area contributed by atoms with Gasteiger partial charge in [0.2, 0.25) is 0 Å². The lowest BCUT2D eigenvalue weighted by molar-refractivity contribution is -0.140. The van der Waals surface area contributed by atoms with Gasteiger partial charge in [-0.2, -0.15) is 0 Å². The molecule has 3 rings (SSSR count). The predicted octanol–water partition coefficient (Wildman–Crippen LogP) is 3.08. The molecule has 0 bridgehead atoms. The molecular weight excluding hydrogens is 396 g/mol. The van der Waals surface area contributed by atoms with E-state index >= 15 is 0 Å². The minimum Gasteiger partial charge on any atom is -0.507 e. The highest BCUT2D eigenvalue weighted by atomic mass is 16.5. The van der Waals surface area contributed by atoms with Gasteiger partial charge in [-0.05, 0) is 39.2 Å². The summed E-state index contributed by atoms with van der Waals surface area (Å²) in [5.41, 5.74) is 1.10. The third-order valence-electron chi connectivity index (χ3n) is 5.18. The van der Waals surface area contributed by atoms with E-state index in [4.69, 9.17) is 9.47 Å². The fourth-order valence-corrected chi connectivity index (χ4v) is 3.69. The Kier molecular flexibility index (Phi) is 6.97. The van der Waals surface area contributed by atoms with Crippen LogP contribution in [0, 0.1) is 0 Å². The molecule has 7 nitrogen and oxygen atoms in total. The van der Waals surface area contributed by atoms with Crippen LogP contribution >= 0.6 is 0 Å². The first kappa shape index (κ1) is 22.4. The number of hydrogen-bond acceptors (Lipinski definition) is 6. The molecule has 1 aliphatic heterocycles. The van der Waals surface area contributed by atoms with E-state index in [0.717, 1.165) is 0 Å². The molecule has 0 saturated carbocycles. The Labute approximate surface area is 182 Å². The summed E-state index contributed by atoms with van der Waals surface area (Å²) in [5.74, 6) is -0.474. The van der Waals surface area contributed by atoms with Crippen LogP contribution in [0.3, 0.4) is 0 Å². The molecule has 1 atom stereocenters. The lowest BCUT2D eigenvalue weighted by Crippen LogP contribution is -2.35. The predicted molar refractivity (Wildman–Crippen MR) is 118 cm³/mol. The number of carbonyl (C=O) groups excluding carboxylic acids is 2. The highest BCUT2D eigenvalue weighted by Crippen LogP contribution is 2.42. The van der Waals surface area contributed by atoms with Gasteiger partial charge in [0, 0.05) is 24.2 Å². The van der Waals surface area contributed by atoms with Crippen LogP contribution in [0.5, 0.6) is 11.5 Å². The summed E-state index contributed by atoms with van der Waals surface area (Å²) in [6.45, 7) is 3.24. The van der Waals surface area contributed by atoms with E-state index in [9.17, 15) is 14.7 Å². The normalized spacial score (nSPS) is 18.0. The number of likely N-dealkylation sites (N-methyl/N-ethyl adjacent to an activating group) is 1. The minimum absolute atomic E-state index is 0.0434.